The molecule has 2 rings (SSSR count). The van der Waals surface area contributed by atoms with Gasteiger partial charge in [-0.2, -0.15) is 0 Å². The lowest BCUT2D eigenvalue weighted by Crippen LogP contribution is -2.51. The van der Waals surface area contributed by atoms with Crippen molar-refractivity contribution in [3.05, 3.63) is 27.5 Å². The molecule has 0 saturated carbocycles. The fourth-order valence-electron chi connectivity index (χ4n) is 2.44. The summed E-state index contributed by atoms with van der Waals surface area (Å²) in [6.45, 7) is 7.62. The number of halogens is 2. The van der Waals surface area contributed by atoms with Gasteiger partial charge in [0.15, 0.2) is 0 Å². The molecule has 0 atom stereocenters. The van der Waals surface area contributed by atoms with E-state index in [9.17, 15) is 9.59 Å². The molecule has 0 radical (unpaired) electrons. The van der Waals surface area contributed by atoms with Gasteiger partial charge in [0.2, 0.25) is 5.91 Å². The molecule has 0 spiro atoms. The summed E-state index contributed by atoms with van der Waals surface area (Å²) in [7, 11) is 0. The Kier molecular flexibility index (Phi) is 5.29. The van der Waals surface area contributed by atoms with Crippen molar-refractivity contribution in [3.63, 3.8) is 0 Å². The van der Waals surface area contributed by atoms with Gasteiger partial charge in [0.25, 0.3) is 5.91 Å². The Labute approximate surface area is 140 Å². The monoisotopic (exact) mass is 343 g/mol. The average Bonchev–Trinajstić information content (AvgIpc) is 2.49. The van der Waals surface area contributed by atoms with Crippen LogP contribution in [0, 0.1) is 12.8 Å². The van der Waals surface area contributed by atoms with Gasteiger partial charge in [0, 0.05) is 37.7 Å². The Hall–Kier alpha value is -1.33. The predicted molar refractivity (Wildman–Crippen MR) is 86.3 cm³/mol. The van der Waals surface area contributed by atoms with E-state index in [4.69, 9.17) is 23.2 Å². The van der Waals surface area contributed by atoms with E-state index in [1.807, 2.05) is 13.8 Å². The van der Waals surface area contributed by atoms with Gasteiger partial charge in [-0.25, -0.2) is 4.98 Å². The highest BCUT2D eigenvalue weighted by Crippen LogP contribution is 2.22. The molecule has 1 aromatic rings. The first kappa shape index (κ1) is 17.0. The van der Waals surface area contributed by atoms with E-state index in [1.165, 1.54) is 6.07 Å². The molecule has 1 aromatic heterocycles. The van der Waals surface area contributed by atoms with Crippen LogP contribution in [-0.4, -0.2) is 52.8 Å². The standard InChI is InChI=1S/C15H19Cl2N3O2/c1-9(2)14(21)19-4-6-20(7-5-19)15(22)11-8-12(16)18-13(17)10(11)3/h8-9H,4-7H2,1-3H3. The van der Waals surface area contributed by atoms with Gasteiger partial charge >= 0.3 is 0 Å². The molecule has 0 aromatic carbocycles. The van der Waals surface area contributed by atoms with Crippen LogP contribution in [0.1, 0.15) is 29.8 Å². The molecule has 1 saturated heterocycles. The minimum Gasteiger partial charge on any atom is -0.339 e. The van der Waals surface area contributed by atoms with E-state index in [1.54, 1.807) is 16.7 Å². The molecule has 0 bridgehead atoms. The van der Waals surface area contributed by atoms with Crippen LogP contribution in [0.25, 0.3) is 0 Å². The summed E-state index contributed by atoms with van der Waals surface area (Å²) in [4.78, 5) is 32.0. The second kappa shape index (κ2) is 6.84. The summed E-state index contributed by atoms with van der Waals surface area (Å²) < 4.78 is 0. The minimum atomic E-state index is -0.125. The van der Waals surface area contributed by atoms with Crippen LogP contribution in [0.15, 0.2) is 6.07 Å². The molecule has 1 fully saturated rings. The minimum absolute atomic E-state index is 0.0256. The van der Waals surface area contributed by atoms with E-state index < -0.39 is 0 Å². The van der Waals surface area contributed by atoms with Crippen LogP contribution in [0.3, 0.4) is 0 Å². The molecule has 22 heavy (non-hydrogen) atoms. The van der Waals surface area contributed by atoms with E-state index in [0.717, 1.165) is 0 Å². The van der Waals surface area contributed by atoms with Crippen LogP contribution < -0.4 is 0 Å². The maximum Gasteiger partial charge on any atom is 0.254 e. The summed E-state index contributed by atoms with van der Waals surface area (Å²) in [5, 5.41) is 0.442. The Bertz CT molecular complexity index is 597. The smallest absolute Gasteiger partial charge is 0.254 e. The molecule has 1 aliphatic heterocycles. The third-order valence-corrected chi connectivity index (χ3v) is 4.35. The van der Waals surface area contributed by atoms with Gasteiger partial charge in [-0.05, 0) is 18.6 Å². The highest BCUT2D eigenvalue weighted by Gasteiger charge is 2.27. The predicted octanol–water partition coefficient (Wildman–Crippen LogP) is 2.64. The molecule has 0 aliphatic carbocycles. The Morgan fingerprint density at radius 3 is 2.23 bits per heavy atom. The molecule has 1 aliphatic rings. The lowest BCUT2D eigenvalue weighted by molar-refractivity contribution is -0.135. The van der Waals surface area contributed by atoms with Crippen molar-refractivity contribution in [2.45, 2.75) is 20.8 Å². The van der Waals surface area contributed by atoms with Gasteiger partial charge in [0.05, 0.1) is 0 Å². The number of nitrogens with zero attached hydrogens (tertiary/aromatic N) is 3. The van der Waals surface area contributed by atoms with E-state index in [2.05, 4.69) is 4.98 Å². The number of amides is 2. The summed E-state index contributed by atoms with van der Waals surface area (Å²) in [6.07, 6.45) is 0. The maximum absolute atomic E-state index is 12.6. The first-order valence-corrected chi connectivity index (χ1v) is 7.97. The number of carbonyl (C=O) groups is 2. The molecule has 2 heterocycles. The molecule has 0 unspecified atom stereocenters. The van der Waals surface area contributed by atoms with Gasteiger partial charge in [-0.3, -0.25) is 9.59 Å². The lowest BCUT2D eigenvalue weighted by atomic mass is 10.1. The summed E-state index contributed by atoms with van der Waals surface area (Å²) in [6, 6.07) is 1.54. The number of pyridine rings is 1. The zero-order valence-electron chi connectivity index (χ0n) is 12.9. The molecule has 7 heteroatoms. The van der Waals surface area contributed by atoms with E-state index in [0.29, 0.717) is 37.3 Å². The Balaban J connectivity index is 2.09. The second-order valence-corrected chi connectivity index (χ2v) is 6.43. The third kappa shape index (κ3) is 3.52. The number of carbonyl (C=O) groups excluding carboxylic acids is 2. The van der Waals surface area contributed by atoms with Crippen LogP contribution >= 0.6 is 23.2 Å². The van der Waals surface area contributed by atoms with Crippen LogP contribution in [0.2, 0.25) is 10.3 Å². The van der Waals surface area contributed by atoms with Crippen LogP contribution in [0.5, 0.6) is 0 Å². The zero-order valence-corrected chi connectivity index (χ0v) is 14.4. The third-order valence-electron chi connectivity index (χ3n) is 3.78. The van der Waals surface area contributed by atoms with Crippen LogP contribution in [-0.2, 0) is 4.79 Å². The van der Waals surface area contributed by atoms with Crippen molar-refractivity contribution in [2.75, 3.05) is 26.2 Å². The van der Waals surface area contributed by atoms with Crippen molar-refractivity contribution in [3.8, 4) is 0 Å². The molecular weight excluding hydrogens is 325 g/mol. The van der Waals surface area contributed by atoms with Crippen molar-refractivity contribution in [2.24, 2.45) is 5.92 Å². The second-order valence-electron chi connectivity index (χ2n) is 5.68. The zero-order chi connectivity index (χ0) is 16.4. The lowest BCUT2D eigenvalue weighted by Gasteiger charge is -2.35. The molecule has 0 N–H and O–H groups in total. The van der Waals surface area contributed by atoms with Crippen molar-refractivity contribution in [1.82, 2.24) is 14.8 Å². The average molecular weight is 344 g/mol. The van der Waals surface area contributed by atoms with Crippen molar-refractivity contribution >= 4 is 35.0 Å². The highest BCUT2D eigenvalue weighted by atomic mass is 35.5. The van der Waals surface area contributed by atoms with Crippen LogP contribution in [0.4, 0.5) is 0 Å². The Morgan fingerprint density at radius 2 is 1.68 bits per heavy atom. The van der Waals surface area contributed by atoms with E-state index in [-0.39, 0.29) is 28.0 Å². The summed E-state index contributed by atoms with van der Waals surface area (Å²) in [5.41, 5.74) is 1.09. The molecule has 5 nitrogen and oxygen atoms in total. The fourth-order valence-corrected chi connectivity index (χ4v) is 2.87. The van der Waals surface area contributed by atoms with Crippen molar-refractivity contribution < 1.29 is 9.59 Å². The number of hydrogen-bond donors (Lipinski definition) is 0. The van der Waals surface area contributed by atoms with E-state index >= 15 is 0 Å². The largest absolute Gasteiger partial charge is 0.339 e. The number of hydrogen-bond acceptors (Lipinski definition) is 3. The maximum atomic E-state index is 12.6. The number of piperazine rings is 1. The first-order chi connectivity index (χ1) is 10.3. The first-order valence-electron chi connectivity index (χ1n) is 7.22. The quantitative estimate of drug-likeness (QED) is 0.775. The summed E-state index contributed by atoms with van der Waals surface area (Å²) >= 11 is 11.9. The Morgan fingerprint density at radius 1 is 1.14 bits per heavy atom. The molecular formula is C15H19Cl2N3O2. The van der Waals surface area contributed by atoms with Crippen molar-refractivity contribution in [1.29, 1.82) is 0 Å². The molecule has 120 valence electrons. The highest BCUT2D eigenvalue weighted by molar-refractivity contribution is 6.33. The normalized spacial score (nSPS) is 15.4. The van der Waals surface area contributed by atoms with Gasteiger partial charge in [0.1, 0.15) is 10.3 Å². The summed E-state index contributed by atoms with van der Waals surface area (Å²) in [5.74, 6) is -0.0269. The van der Waals surface area contributed by atoms with Gasteiger partial charge in [-0.1, -0.05) is 37.0 Å². The number of rotatable bonds is 2. The fraction of sp³-hybridized carbons (Fsp3) is 0.533. The number of aromatic nitrogens is 1. The van der Waals surface area contributed by atoms with Gasteiger partial charge < -0.3 is 9.80 Å². The van der Waals surface area contributed by atoms with Gasteiger partial charge in [-0.15, -0.1) is 0 Å². The topological polar surface area (TPSA) is 53.5 Å². The SMILES string of the molecule is Cc1c(C(=O)N2CCN(C(=O)C(C)C)CC2)cc(Cl)nc1Cl. The molecule has 2 amide bonds.